The fourth-order valence-electron chi connectivity index (χ4n) is 3.33. The lowest BCUT2D eigenvalue weighted by atomic mass is 10.1. The van der Waals surface area contributed by atoms with E-state index in [1.165, 1.54) is 6.07 Å². The molecule has 28 heavy (non-hydrogen) atoms. The third-order valence-corrected chi connectivity index (χ3v) is 4.77. The van der Waals surface area contributed by atoms with Gasteiger partial charge in [-0.25, -0.2) is 4.39 Å². The quantitative estimate of drug-likeness (QED) is 0.635. The summed E-state index contributed by atoms with van der Waals surface area (Å²) in [7, 11) is 0. The third-order valence-electron chi connectivity index (χ3n) is 4.77. The van der Waals surface area contributed by atoms with Gasteiger partial charge in [0.25, 0.3) is 0 Å². The van der Waals surface area contributed by atoms with Gasteiger partial charge in [0.05, 0.1) is 6.10 Å². The molecule has 2 atom stereocenters. The summed E-state index contributed by atoms with van der Waals surface area (Å²) >= 11 is 0. The second-order valence-corrected chi connectivity index (χ2v) is 7.07. The molecule has 0 saturated carbocycles. The maximum Gasteiger partial charge on any atom is 0.150 e. The Balaban J connectivity index is 1.57. The molecule has 0 aliphatic carbocycles. The average molecular weight is 387 g/mol. The fourth-order valence-corrected chi connectivity index (χ4v) is 3.33. The largest absolute Gasteiger partial charge is 0.491 e. The van der Waals surface area contributed by atoms with Gasteiger partial charge in [-0.05, 0) is 43.2 Å². The topological polar surface area (TPSA) is 59.0 Å². The fraction of sp³-hybridized carbons (Fsp3) is 0.409. The van der Waals surface area contributed by atoms with Crippen molar-refractivity contribution in [1.82, 2.24) is 4.90 Å². The number of aliphatic hydroxyl groups excluding tert-OH is 1. The number of rotatable bonds is 10. The molecule has 2 aromatic carbocycles. The van der Waals surface area contributed by atoms with E-state index in [9.17, 15) is 14.3 Å². The van der Waals surface area contributed by atoms with E-state index in [1.54, 1.807) is 36.4 Å². The van der Waals surface area contributed by atoms with Crippen LogP contribution < -0.4 is 4.74 Å². The minimum atomic E-state index is -0.737. The molecule has 1 N–H and O–H groups in total. The van der Waals surface area contributed by atoms with Crippen LogP contribution in [0, 0.1) is 5.82 Å². The number of halogens is 1. The highest BCUT2D eigenvalue weighted by Gasteiger charge is 2.22. The maximum absolute atomic E-state index is 14.1. The van der Waals surface area contributed by atoms with Crippen LogP contribution >= 0.6 is 0 Å². The minimum absolute atomic E-state index is 0.107. The van der Waals surface area contributed by atoms with Crippen LogP contribution in [0.2, 0.25) is 0 Å². The Hall–Kier alpha value is -2.28. The van der Waals surface area contributed by atoms with Crippen LogP contribution in [0.25, 0.3) is 0 Å². The maximum atomic E-state index is 14.1. The van der Waals surface area contributed by atoms with Crippen LogP contribution in [0.4, 0.5) is 4.39 Å². The number of hydrogen-bond acceptors (Lipinski definition) is 5. The van der Waals surface area contributed by atoms with Crippen LogP contribution in [0.3, 0.4) is 0 Å². The van der Waals surface area contributed by atoms with Crippen molar-refractivity contribution in [1.29, 1.82) is 0 Å². The summed E-state index contributed by atoms with van der Waals surface area (Å²) in [4.78, 5) is 12.7. The summed E-state index contributed by atoms with van der Waals surface area (Å²) in [5.41, 5.74) is 1.17. The first-order valence-electron chi connectivity index (χ1n) is 9.57. The smallest absolute Gasteiger partial charge is 0.150 e. The summed E-state index contributed by atoms with van der Waals surface area (Å²) in [6.45, 7) is 2.25. The molecule has 0 spiro atoms. The highest BCUT2D eigenvalue weighted by Crippen LogP contribution is 2.17. The number of carbonyl (C=O) groups excluding carboxylic acids is 1. The normalized spacial score (nSPS) is 17.6. The molecule has 1 aliphatic rings. The van der Waals surface area contributed by atoms with Gasteiger partial charge in [-0.1, -0.05) is 18.2 Å². The first-order chi connectivity index (χ1) is 13.6. The molecular formula is C22H26FNO4. The van der Waals surface area contributed by atoms with Crippen molar-refractivity contribution < 1.29 is 23.8 Å². The van der Waals surface area contributed by atoms with Crippen LogP contribution in [0.15, 0.2) is 48.5 Å². The molecule has 5 nitrogen and oxygen atoms in total. The number of aldehydes is 1. The van der Waals surface area contributed by atoms with Crippen molar-refractivity contribution in [2.24, 2.45) is 0 Å². The lowest BCUT2D eigenvalue weighted by molar-refractivity contribution is 0.0310. The number of nitrogens with zero attached hydrogens (tertiary/aromatic N) is 1. The van der Waals surface area contributed by atoms with Crippen molar-refractivity contribution >= 4 is 6.29 Å². The van der Waals surface area contributed by atoms with E-state index in [1.807, 2.05) is 11.0 Å². The van der Waals surface area contributed by atoms with E-state index in [0.29, 0.717) is 36.5 Å². The molecule has 1 saturated heterocycles. The predicted octanol–water partition coefficient (Wildman–Crippen LogP) is 3.06. The number of hydrogen-bond donors (Lipinski definition) is 1. The van der Waals surface area contributed by atoms with Gasteiger partial charge in [0.1, 0.15) is 30.6 Å². The molecule has 1 aliphatic heterocycles. The molecule has 2 aromatic rings. The zero-order valence-electron chi connectivity index (χ0n) is 15.8. The first-order valence-corrected chi connectivity index (χ1v) is 9.57. The number of aliphatic hydroxyl groups is 1. The van der Waals surface area contributed by atoms with Gasteiger partial charge in [-0.2, -0.15) is 0 Å². The van der Waals surface area contributed by atoms with E-state index < -0.39 is 6.10 Å². The lowest BCUT2D eigenvalue weighted by Crippen LogP contribution is -2.39. The van der Waals surface area contributed by atoms with Gasteiger partial charge in [-0.15, -0.1) is 0 Å². The Morgan fingerprint density at radius 3 is 2.71 bits per heavy atom. The lowest BCUT2D eigenvalue weighted by Gasteiger charge is -2.27. The van der Waals surface area contributed by atoms with Crippen LogP contribution in [0.5, 0.6) is 5.75 Å². The van der Waals surface area contributed by atoms with Gasteiger partial charge in [-0.3, -0.25) is 9.69 Å². The van der Waals surface area contributed by atoms with Crippen molar-refractivity contribution in [2.75, 3.05) is 26.3 Å². The zero-order valence-corrected chi connectivity index (χ0v) is 15.8. The second kappa shape index (κ2) is 10.3. The molecule has 3 rings (SSSR count). The van der Waals surface area contributed by atoms with Crippen molar-refractivity contribution in [2.45, 2.75) is 31.6 Å². The molecular weight excluding hydrogens is 361 g/mol. The van der Waals surface area contributed by atoms with Crippen LogP contribution in [-0.2, 0) is 11.3 Å². The molecule has 0 radical (unpaired) electrons. The Morgan fingerprint density at radius 2 is 2.04 bits per heavy atom. The Morgan fingerprint density at radius 1 is 1.25 bits per heavy atom. The van der Waals surface area contributed by atoms with E-state index in [0.717, 1.165) is 25.7 Å². The van der Waals surface area contributed by atoms with Crippen molar-refractivity contribution in [3.05, 3.63) is 65.5 Å². The molecule has 0 amide bonds. The number of benzene rings is 2. The number of ether oxygens (including phenoxy) is 2. The van der Waals surface area contributed by atoms with E-state index in [-0.39, 0.29) is 18.5 Å². The SMILES string of the molecule is O=Cc1ccc(OCC(O)CN(Cc2ccccc2F)CC2CCCO2)cc1. The summed E-state index contributed by atoms with van der Waals surface area (Å²) in [5.74, 6) is 0.338. The van der Waals surface area contributed by atoms with Gasteiger partial charge in [0.2, 0.25) is 0 Å². The zero-order chi connectivity index (χ0) is 19.8. The molecule has 1 fully saturated rings. The molecule has 6 heteroatoms. The molecule has 2 unspecified atom stereocenters. The monoisotopic (exact) mass is 387 g/mol. The van der Waals surface area contributed by atoms with Crippen molar-refractivity contribution in [3.63, 3.8) is 0 Å². The van der Waals surface area contributed by atoms with E-state index >= 15 is 0 Å². The minimum Gasteiger partial charge on any atom is -0.491 e. The molecule has 1 heterocycles. The van der Waals surface area contributed by atoms with Crippen molar-refractivity contribution in [3.8, 4) is 5.75 Å². The Labute approximate surface area is 164 Å². The standard InChI is InChI=1S/C22H26FNO4/c23-22-6-2-1-4-18(22)12-24(14-21-5-3-11-27-21)13-19(26)16-28-20-9-7-17(15-25)8-10-20/h1-2,4,6-10,15,19,21,26H,3,5,11-14,16H2. The van der Waals surface area contributed by atoms with Gasteiger partial charge in [0, 0.05) is 37.4 Å². The van der Waals surface area contributed by atoms with Gasteiger partial charge >= 0.3 is 0 Å². The van der Waals surface area contributed by atoms with E-state index in [2.05, 4.69) is 0 Å². The first kappa shape index (κ1) is 20.5. The average Bonchev–Trinajstić information content (AvgIpc) is 3.21. The summed E-state index contributed by atoms with van der Waals surface area (Å²) in [6.07, 6.45) is 2.14. The third kappa shape index (κ3) is 6.12. The van der Waals surface area contributed by atoms with E-state index in [4.69, 9.17) is 9.47 Å². The number of carbonyl (C=O) groups is 1. The second-order valence-electron chi connectivity index (χ2n) is 7.07. The molecule has 150 valence electrons. The molecule has 0 bridgehead atoms. The summed E-state index contributed by atoms with van der Waals surface area (Å²) < 4.78 is 25.4. The summed E-state index contributed by atoms with van der Waals surface area (Å²) in [6, 6.07) is 13.4. The predicted molar refractivity (Wildman–Crippen MR) is 104 cm³/mol. The van der Waals surface area contributed by atoms with Crippen LogP contribution in [-0.4, -0.2) is 54.8 Å². The molecule has 0 aromatic heterocycles. The van der Waals surface area contributed by atoms with Crippen LogP contribution in [0.1, 0.15) is 28.8 Å². The highest BCUT2D eigenvalue weighted by atomic mass is 19.1. The highest BCUT2D eigenvalue weighted by molar-refractivity contribution is 5.74. The summed E-state index contributed by atoms with van der Waals surface area (Å²) in [5, 5.41) is 10.4. The van der Waals surface area contributed by atoms with Gasteiger partial charge < -0.3 is 14.6 Å². The van der Waals surface area contributed by atoms with Gasteiger partial charge in [0.15, 0.2) is 0 Å². The Kier molecular flexibility index (Phi) is 7.54. The Bertz CT molecular complexity index is 746.